The molecule has 0 aliphatic rings. The van der Waals surface area contributed by atoms with Crippen molar-refractivity contribution in [1.29, 1.82) is 0 Å². The van der Waals surface area contributed by atoms with Crippen LogP contribution < -0.4 is 5.32 Å². The van der Waals surface area contributed by atoms with E-state index in [-0.39, 0.29) is 0 Å². The van der Waals surface area contributed by atoms with E-state index < -0.39 is 0 Å². The lowest BCUT2D eigenvalue weighted by molar-refractivity contribution is 1.01. The molecule has 0 saturated heterocycles. The molecular weight excluding hydrogens is 220 g/mol. The van der Waals surface area contributed by atoms with Crippen LogP contribution in [-0.4, -0.2) is 11.5 Å². The smallest absolute Gasteiger partial charge is 0.104 e. The molecule has 1 aromatic heterocycles. The van der Waals surface area contributed by atoms with Crippen LogP contribution >= 0.6 is 0 Å². The van der Waals surface area contributed by atoms with Crippen LogP contribution in [0.3, 0.4) is 0 Å². The van der Waals surface area contributed by atoms with Gasteiger partial charge in [0.2, 0.25) is 0 Å². The maximum Gasteiger partial charge on any atom is 0.104 e. The number of aromatic amines is 1. The van der Waals surface area contributed by atoms with Gasteiger partial charge in [0.1, 0.15) is 5.82 Å². The fourth-order valence-corrected chi connectivity index (χ4v) is 2.15. The lowest BCUT2D eigenvalue weighted by Gasteiger charge is -2.03. The van der Waals surface area contributed by atoms with Gasteiger partial charge in [-0.15, -0.1) is 0 Å². The SMILES string of the molecule is c1ccc(CCNc2cc3ccccc3[nH]2)cc1. The summed E-state index contributed by atoms with van der Waals surface area (Å²) >= 11 is 0. The van der Waals surface area contributed by atoms with Crippen molar-refractivity contribution in [3.63, 3.8) is 0 Å². The van der Waals surface area contributed by atoms with Crippen molar-refractivity contribution in [3.8, 4) is 0 Å². The van der Waals surface area contributed by atoms with Gasteiger partial charge in [0.05, 0.1) is 0 Å². The summed E-state index contributed by atoms with van der Waals surface area (Å²) in [4.78, 5) is 3.37. The Morgan fingerprint density at radius 1 is 0.889 bits per heavy atom. The average molecular weight is 236 g/mol. The number of H-pyrrole nitrogens is 1. The molecule has 2 heteroatoms. The Morgan fingerprint density at radius 3 is 2.50 bits per heavy atom. The van der Waals surface area contributed by atoms with Crippen molar-refractivity contribution in [2.45, 2.75) is 6.42 Å². The predicted octanol–water partition coefficient (Wildman–Crippen LogP) is 3.82. The van der Waals surface area contributed by atoms with Crippen molar-refractivity contribution in [2.24, 2.45) is 0 Å². The molecule has 1 heterocycles. The minimum Gasteiger partial charge on any atom is -0.371 e. The van der Waals surface area contributed by atoms with E-state index in [9.17, 15) is 0 Å². The molecule has 3 aromatic rings. The fraction of sp³-hybridized carbons (Fsp3) is 0.125. The molecule has 0 atom stereocenters. The fourth-order valence-electron chi connectivity index (χ4n) is 2.15. The maximum atomic E-state index is 3.43. The number of anilines is 1. The highest BCUT2D eigenvalue weighted by atomic mass is 15.0. The Kier molecular flexibility index (Phi) is 3.01. The van der Waals surface area contributed by atoms with E-state index in [1.54, 1.807) is 0 Å². The van der Waals surface area contributed by atoms with Gasteiger partial charge >= 0.3 is 0 Å². The third-order valence-corrected chi connectivity index (χ3v) is 3.10. The van der Waals surface area contributed by atoms with E-state index in [0.29, 0.717) is 0 Å². The van der Waals surface area contributed by atoms with E-state index in [4.69, 9.17) is 0 Å². The van der Waals surface area contributed by atoms with Gasteiger partial charge in [-0.2, -0.15) is 0 Å². The number of nitrogens with one attached hydrogen (secondary N) is 2. The highest BCUT2D eigenvalue weighted by molar-refractivity contribution is 5.83. The van der Waals surface area contributed by atoms with Gasteiger partial charge in [0.15, 0.2) is 0 Å². The molecule has 2 aromatic carbocycles. The average Bonchev–Trinajstić information content (AvgIpc) is 2.82. The first-order valence-corrected chi connectivity index (χ1v) is 6.27. The lowest BCUT2D eigenvalue weighted by atomic mass is 10.1. The molecular formula is C16H16N2. The first-order valence-electron chi connectivity index (χ1n) is 6.27. The molecule has 0 bridgehead atoms. The molecule has 0 spiro atoms. The first-order chi connectivity index (χ1) is 8.92. The molecule has 0 aliphatic heterocycles. The maximum absolute atomic E-state index is 3.43. The van der Waals surface area contributed by atoms with E-state index in [0.717, 1.165) is 18.8 Å². The van der Waals surface area contributed by atoms with Crippen molar-refractivity contribution >= 4 is 16.7 Å². The molecule has 2 N–H and O–H groups in total. The zero-order valence-electron chi connectivity index (χ0n) is 10.2. The van der Waals surface area contributed by atoms with Gasteiger partial charge in [-0.1, -0.05) is 48.5 Å². The molecule has 0 unspecified atom stereocenters. The van der Waals surface area contributed by atoms with Crippen LogP contribution in [0.15, 0.2) is 60.7 Å². The van der Waals surface area contributed by atoms with Gasteiger partial charge < -0.3 is 10.3 Å². The van der Waals surface area contributed by atoms with Crippen LogP contribution in [0.5, 0.6) is 0 Å². The van der Waals surface area contributed by atoms with Crippen LogP contribution in [0.4, 0.5) is 5.82 Å². The normalized spacial score (nSPS) is 10.7. The minimum atomic E-state index is 0.941. The molecule has 0 radical (unpaired) electrons. The Labute approximate surface area is 107 Å². The van der Waals surface area contributed by atoms with E-state index in [1.807, 2.05) is 6.07 Å². The summed E-state index contributed by atoms with van der Waals surface area (Å²) in [5.74, 6) is 1.09. The second-order valence-corrected chi connectivity index (χ2v) is 4.43. The Balaban J connectivity index is 1.63. The largest absolute Gasteiger partial charge is 0.371 e. The van der Waals surface area contributed by atoms with Crippen molar-refractivity contribution < 1.29 is 0 Å². The van der Waals surface area contributed by atoms with Crippen LogP contribution in [0.2, 0.25) is 0 Å². The molecule has 0 saturated carbocycles. The molecule has 0 fully saturated rings. The summed E-state index contributed by atoms with van der Waals surface area (Å²) < 4.78 is 0. The van der Waals surface area contributed by atoms with Crippen LogP contribution in [0.1, 0.15) is 5.56 Å². The lowest BCUT2D eigenvalue weighted by Crippen LogP contribution is -2.04. The van der Waals surface area contributed by atoms with Crippen LogP contribution in [0.25, 0.3) is 10.9 Å². The summed E-state index contributed by atoms with van der Waals surface area (Å²) in [6, 6.07) is 21.0. The summed E-state index contributed by atoms with van der Waals surface area (Å²) in [7, 11) is 0. The van der Waals surface area contributed by atoms with Crippen molar-refractivity contribution in [3.05, 3.63) is 66.2 Å². The molecule has 2 nitrogen and oxygen atoms in total. The predicted molar refractivity (Wildman–Crippen MR) is 76.9 cm³/mol. The standard InChI is InChI=1S/C16H16N2/c1-2-6-13(7-3-1)10-11-17-16-12-14-8-4-5-9-15(14)18-16/h1-9,12,17-18H,10-11H2. The number of fused-ring (bicyclic) bond motifs is 1. The highest BCUT2D eigenvalue weighted by Crippen LogP contribution is 2.17. The molecule has 90 valence electrons. The molecule has 0 amide bonds. The topological polar surface area (TPSA) is 27.8 Å². The van der Waals surface area contributed by atoms with Gasteiger partial charge in [-0.25, -0.2) is 0 Å². The molecule has 0 aliphatic carbocycles. The van der Waals surface area contributed by atoms with Crippen molar-refractivity contribution in [2.75, 3.05) is 11.9 Å². The van der Waals surface area contributed by atoms with Crippen molar-refractivity contribution in [1.82, 2.24) is 4.98 Å². The summed E-state index contributed by atoms with van der Waals surface area (Å²) in [5, 5.41) is 4.68. The Bertz CT molecular complexity index is 593. The highest BCUT2D eigenvalue weighted by Gasteiger charge is 1.98. The molecule has 3 rings (SSSR count). The molecule has 18 heavy (non-hydrogen) atoms. The number of para-hydroxylation sites is 1. The Hall–Kier alpha value is -2.22. The zero-order chi connectivity index (χ0) is 12.2. The number of hydrogen-bond acceptors (Lipinski definition) is 1. The third-order valence-electron chi connectivity index (χ3n) is 3.10. The van der Waals surface area contributed by atoms with E-state index in [1.165, 1.54) is 16.5 Å². The summed E-state index contributed by atoms with van der Waals surface area (Å²) in [5.41, 5.74) is 2.54. The number of benzene rings is 2. The number of aromatic nitrogens is 1. The van der Waals surface area contributed by atoms with E-state index in [2.05, 4.69) is 64.9 Å². The van der Waals surface area contributed by atoms with Gasteiger partial charge in [-0.3, -0.25) is 0 Å². The zero-order valence-corrected chi connectivity index (χ0v) is 10.2. The third kappa shape index (κ3) is 2.38. The Morgan fingerprint density at radius 2 is 1.67 bits per heavy atom. The summed E-state index contributed by atoms with van der Waals surface area (Å²) in [6.07, 6.45) is 1.04. The number of hydrogen-bond donors (Lipinski definition) is 2. The van der Waals surface area contributed by atoms with Gasteiger partial charge in [0.25, 0.3) is 0 Å². The second kappa shape index (κ2) is 4.96. The van der Waals surface area contributed by atoms with Crippen LogP contribution in [0, 0.1) is 0 Å². The number of rotatable bonds is 4. The summed E-state index contributed by atoms with van der Waals surface area (Å²) in [6.45, 7) is 0.941. The van der Waals surface area contributed by atoms with Gasteiger partial charge in [0, 0.05) is 17.4 Å². The second-order valence-electron chi connectivity index (χ2n) is 4.43. The first kappa shape index (κ1) is 10.9. The van der Waals surface area contributed by atoms with Crippen LogP contribution in [-0.2, 0) is 6.42 Å². The van der Waals surface area contributed by atoms with E-state index >= 15 is 0 Å². The minimum absolute atomic E-state index is 0.941. The van der Waals surface area contributed by atoms with Gasteiger partial charge in [-0.05, 0) is 24.1 Å². The quantitative estimate of drug-likeness (QED) is 0.708. The monoisotopic (exact) mass is 236 g/mol.